The van der Waals surface area contributed by atoms with E-state index >= 15 is 0 Å². The molecule has 6 nitrogen and oxygen atoms in total. The van der Waals surface area contributed by atoms with Crippen molar-refractivity contribution >= 4 is 11.9 Å². The fraction of sp³-hybridized carbons (Fsp3) is 0.833. The van der Waals surface area contributed by atoms with Crippen molar-refractivity contribution < 1.29 is 19.1 Å². The summed E-state index contributed by atoms with van der Waals surface area (Å²) in [4.78, 5) is 25.5. The molecule has 0 saturated carbocycles. The summed E-state index contributed by atoms with van der Waals surface area (Å²) in [5, 5.41) is 0. The first-order valence-corrected chi connectivity index (χ1v) is 6.41. The number of ether oxygens (including phenoxy) is 2. The van der Waals surface area contributed by atoms with E-state index in [0.29, 0.717) is 25.9 Å². The molecule has 6 heteroatoms. The van der Waals surface area contributed by atoms with Crippen LogP contribution >= 0.6 is 0 Å². The molecule has 2 aliphatic rings. The van der Waals surface area contributed by atoms with Gasteiger partial charge in [0, 0.05) is 13.1 Å². The molecule has 0 radical (unpaired) electrons. The highest BCUT2D eigenvalue weighted by Crippen LogP contribution is 2.25. The molecule has 2 aliphatic heterocycles. The molecule has 2 rings (SSSR count). The average molecular weight is 256 g/mol. The van der Waals surface area contributed by atoms with Gasteiger partial charge in [0.1, 0.15) is 12.1 Å². The molecule has 3 atom stereocenters. The van der Waals surface area contributed by atoms with Gasteiger partial charge in [-0.3, -0.25) is 4.79 Å². The van der Waals surface area contributed by atoms with Crippen LogP contribution in [-0.4, -0.2) is 55.2 Å². The van der Waals surface area contributed by atoms with Crippen LogP contribution < -0.4 is 5.73 Å². The Labute approximate surface area is 106 Å². The maximum Gasteiger partial charge on any atom is 0.328 e. The van der Waals surface area contributed by atoms with E-state index in [9.17, 15) is 9.59 Å². The summed E-state index contributed by atoms with van der Waals surface area (Å²) < 4.78 is 10.3. The Morgan fingerprint density at radius 3 is 2.78 bits per heavy atom. The lowest BCUT2D eigenvalue weighted by Gasteiger charge is -2.25. The van der Waals surface area contributed by atoms with Gasteiger partial charge < -0.3 is 20.1 Å². The maximum atomic E-state index is 12.3. The Kier molecular flexibility index (Phi) is 4.19. The number of likely N-dealkylation sites (tertiary alicyclic amines) is 1. The predicted octanol–water partition coefficient (Wildman–Crippen LogP) is -0.343. The minimum absolute atomic E-state index is 0.0295. The van der Waals surface area contributed by atoms with Crippen molar-refractivity contribution in [1.29, 1.82) is 0 Å². The van der Waals surface area contributed by atoms with Crippen LogP contribution in [0.1, 0.15) is 25.7 Å². The Morgan fingerprint density at radius 1 is 1.39 bits per heavy atom. The van der Waals surface area contributed by atoms with Crippen LogP contribution in [-0.2, 0) is 19.1 Å². The zero-order valence-corrected chi connectivity index (χ0v) is 10.6. The molecule has 0 aromatic rings. The van der Waals surface area contributed by atoms with Gasteiger partial charge >= 0.3 is 5.97 Å². The molecule has 2 fully saturated rings. The molecule has 0 bridgehead atoms. The number of nitrogens with zero attached hydrogens (tertiary/aromatic N) is 1. The van der Waals surface area contributed by atoms with Gasteiger partial charge in [0.2, 0.25) is 0 Å². The minimum Gasteiger partial charge on any atom is -0.467 e. The number of carbonyl (C=O) groups excluding carboxylic acids is 2. The number of methoxy groups -OCH3 is 1. The standard InChI is InChI=1S/C12H20N2O4/c1-17-12(16)9-3-2-6-14(9)11(15)10-5-4-8(7-13)18-10/h8-10H,2-7,13H2,1H3. The molecule has 2 saturated heterocycles. The third-order valence-corrected chi connectivity index (χ3v) is 3.66. The first-order chi connectivity index (χ1) is 8.67. The van der Waals surface area contributed by atoms with Crippen LogP contribution in [0.4, 0.5) is 0 Å². The second kappa shape index (κ2) is 5.67. The molecule has 2 heterocycles. The first-order valence-electron chi connectivity index (χ1n) is 6.41. The maximum absolute atomic E-state index is 12.3. The third kappa shape index (κ3) is 2.49. The molecule has 2 N–H and O–H groups in total. The molecule has 0 aromatic carbocycles. The zero-order chi connectivity index (χ0) is 13.1. The van der Waals surface area contributed by atoms with Gasteiger partial charge in [0.15, 0.2) is 0 Å². The van der Waals surface area contributed by atoms with Gasteiger partial charge in [-0.2, -0.15) is 0 Å². The average Bonchev–Trinajstić information content (AvgIpc) is 3.05. The number of amides is 1. The SMILES string of the molecule is COC(=O)C1CCCN1C(=O)C1CCC(CN)O1. The van der Waals surface area contributed by atoms with E-state index in [-0.39, 0.29) is 18.0 Å². The summed E-state index contributed by atoms with van der Waals surface area (Å²) in [6, 6.07) is -0.442. The van der Waals surface area contributed by atoms with Crippen molar-refractivity contribution in [1.82, 2.24) is 4.90 Å². The Hall–Kier alpha value is -1.14. The van der Waals surface area contributed by atoms with E-state index in [1.807, 2.05) is 0 Å². The summed E-state index contributed by atoms with van der Waals surface area (Å²) in [5.41, 5.74) is 5.52. The number of hydrogen-bond donors (Lipinski definition) is 1. The van der Waals surface area contributed by atoms with Gasteiger partial charge in [0.05, 0.1) is 13.2 Å². The lowest BCUT2D eigenvalue weighted by Crippen LogP contribution is -2.46. The molecule has 0 spiro atoms. The minimum atomic E-state index is -0.442. The van der Waals surface area contributed by atoms with Gasteiger partial charge in [-0.15, -0.1) is 0 Å². The fourth-order valence-corrected chi connectivity index (χ4v) is 2.66. The number of hydrogen-bond acceptors (Lipinski definition) is 5. The van der Waals surface area contributed by atoms with Crippen LogP contribution in [0.2, 0.25) is 0 Å². The highest BCUT2D eigenvalue weighted by atomic mass is 16.5. The third-order valence-electron chi connectivity index (χ3n) is 3.66. The molecule has 3 unspecified atom stereocenters. The van der Waals surface area contributed by atoms with Gasteiger partial charge in [-0.05, 0) is 25.7 Å². The summed E-state index contributed by atoms with van der Waals surface area (Å²) in [7, 11) is 1.35. The highest BCUT2D eigenvalue weighted by molar-refractivity contribution is 5.87. The van der Waals surface area contributed by atoms with Crippen LogP contribution in [0.3, 0.4) is 0 Å². The van der Waals surface area contributed by atoms with Crippen molar-refractivity contribution in [3.8, 4) is 0 Å². The quantitative estimate of drug-likeness (QED) is 0.698. The van der Waals surface area contributed by atoms with E-state index < -0.39 is 12.1 Å². The van der Waals surface area contributed by atoms with Crippen LogP contribution in [0, 0.1) is 0 Å². The molecule has 0 aromatic heterocycles. The van der Waals surface area contributed by atoms with E-state index in [1.54, 1.807) is 4.90 Å². The van der Waals surface area contributed by atoms with Gasteiger partial charge in [-0.1, -0.05) is 0 Å². The largest absolute Gasteiger partial charge is 0.467 e. The molecule has 0 aliphatic carbocycles. The van der Waals surface area contributed by atoms with Crippen LogP contribution in [0.25, 0.3) is 0 Å². The van der Waals surface area contributed by atoms with E-state index in [4.69, 9.17) is 15.2 Å². The summed E-state index contributed by atoms with van der Waals surface area (Å²) in [5.74, 6) is -0.437. The number of esters is 1. The smallest absolute Gasteiger partial charge is 0.328 e. The van der Waals surface area contributed by atoms with Crippen LogP contribution in [0.15, 0.2) is 0 Å². The number of carbonyl (C=O) groups is 2. The monoisotopic (exact) mass is 256 g/mol. The lowest BCUT2D eigenvalue weighted by molar-refractivity contribution is -0.155. The Morgan fingerprint density at radius 2 is 2.17 bits per heavy atom. The molecular weight excluding hydrogens is 236 g/mol. The van der Waals surface area contributed by atoms with E-state index in [1.165, 1.54) is 7.11 Å². The molecule has 1 amide bonds. The van der Waals surface area contributed by atoms with Crippen molar-refractivity contribution in [2.24, 2.45) is 5.73 Å². The summed E-state index contributed by atoms with van der Waals surface area (Å²) in [6.45, 7) is 1.04. The highest BCUT2D eigenvalue weighted by Gasteiger charge is 2.40. The summed E-state index contributed by atoms with van der Waals surface area (Å²) >= 11 is 0. The zero-order valence-electron chi connectivity index (χ0n) is 10.6. The van der Waals surface area contributed by atoms with E-state index in [0.717, 1.165) is 12.8 Å². The van der Waals surface area contributed by atoms with E-state index in [2.05, 4.69) is 0 Å². The van der Waals surface area contributed by atoms with Crippen molar-refractivity contribution in [3.63, 3.8) is 0 Å². The second-order valence-corrected chi connectivity index (χ2v) is 4.77. The fourth-order valence-electron chi connectivity index (χ4n) is 2.66. The lowest BCUT2D eigenvalue weighted by atomic mass is 10.1. The van der Waals surface area contributed by atoms with Crippen LogP contribution in [0.5, 0.6) is 0 Å². The van der Waals surface area contributed by atoms with Crippen molar-refractivity contribution in [3.05, 3.63) is 0 Å². The van der Waals surface area contributed by atoms with Crippen molar-refractivity contribution in [2.75, 3.05) is 20.2 Å². The predicted molar refractivity (Wildman–Crippen MR) is 63.7 cm³/mol. The van der Waals surface area contributed by atoms with Gasteiger partial charge in [0.25, 0.3) is 5.91 Å². The first kappa shape index (κ1) is 13.3. The second-order valence-electron chi connectivity index (χ2n) is 4.77. The Bertz CT molecular complexity index is 334. The number of rotatable bonds is 3. The topological polar surface area (TPSA) is 81.9 Å². The molecule has 102 valence electrons. The number of nitrogens with two attached hydrogens (primary N) is 1. The summed E-state index contributed by atoms with van der Waals surface area (Å²) in [6.07, 6.45) is 2.53. The molecule has 18 heavy (non-hydrogen) atoms. The molecular formula is C12H20N2O4. The Balaban J connectivity index is 1.98. The van der Waals surface area contributed by atoms with Crippen molar-refractivity contribution in [2.45, 2.75) is 43.9 Å². The van der Waals surface area contributed by atoms with Gasteiger partial charge in [-0.25, -0.2) is 4.79 Å². The normalized spacial score (nSPS) is 31.7.